The van der Waals surface area contributed by atoms with Gasteiger partial charge in [0.2, 0.25) is 0 Å². The smallest absolute Gasteiger partial charge is 0.263 e. The summed E-state index contributed by atoms with van der Waals surface area (Å²) in [5.41, 5.74) is 1.88. The quantitative estimate of drug-likeness (QED) is 0.722. The topological polar surface area (TPSA) is 58.7 Å². The predicted octanol–water partition coefficient (Wildman–Crippen LogP) is 1.75. The molecule has 0 fully saturated rings. The highest BCUT2D eigenvalue weighted by Crippen LogP contribution is 2.10. The van der Waals surface area contributed by atoms with Crippen molar-refractivity contribution < 1.29 is 4.79 Å². The van der Waals surface area contributed by atoms with Crippen LogP contribution < -0.4 is 0 Å². The second-order valence-corrected chi connectivity index (χ2v) is 3.47. The second-order valence-electron chi connectivity index (χ2n) is 3.47. The Bertz CT molecular complexity index is 564. The first-order valence-electron chi connectivity index (χ1n) is 4.75. The third-order valence-corrected chi connectivity index (χ3v) is 2.19. The van der Waals surface area contributed by atoms with E-state index in [1.54, 1.807) is 30.6 Å². The Kier molecular flexibility index (Phi) is 2.52. The summed E-state index contributed by atoms with van der Waals surface area (Å²) in [6.07, 6.45) is 4.56. The molecule has 1 aromatic carbocycles. The lowest BCUT2D eigenvalue weighted by Gasteiger charge is -2.03. The van der Waals surface area contributed by atoms with Crippen LogP contribution in [0.25, 0.3) is 0 Å². The number of hydrogen-bond donors (Lipinski definition) is 0. The van der Waals surface area contributed by atoms with Crippen LogP contribution in [0.15, 0.2) is 36.9 Å². The highest BCUT2D eigenvalue weighted by molar-refractivity contribution is 5.96. The molecule has 4 heteroatoms. The van der Waals surface area contributed by atoms with Gasteiger partial charge < -0.3 is 0 Å². The van der Waals surface area contributed by atoms with E-state index in [0.717, 1.165) is 5.56 Å². The fourth-order valence-electron chi connectivity index (χ4n) is 1.50. The summed E-state index contributed by atoms with van der Waals surface area (Å²) in [5, 5.41) is 8.82. The minimum atomic E-state index is -0.183. The molecular weight excluding hydrogens is 202 g/mol. The lowest BCUT2D eigenvalue weighted by molar-refractivity contribution is 0.0959. The van der Waals surface area contributed by atoms with Crippen molar-refractivity contribution >= 4 is 5.91 Å². The molecule has 0 aliphatic rings. The maximum atomic E-state index is 11.9. The fraction of sp³-hybridized carbons (Fsp3) is 0.0833. The molecule has 0 N–H and O–H groups in total. The van der Waals surface area contributed by atoms with E-state index < -0.39 is 0 Å². The lowest BCUT2D eigenvalue weighted by atomic mass is 10.1. The molecule has 1 heterocycles. The zero-order chi connectivity index (χ0) is 11.5. The van der Waals surface area contributed by atoms with Gasteiger partial charge in [-0.05, 0) is 30.7 Å². The maximum Gasteiger partial charge on any atom is 0.263 e. The fourth-order valence-corrected chi connectivity index (χ4v) is 1.50. The van der Waals surface area contributed by atoms with Crippen LogP contribution in [0.1, 0.15) is 21.5 Å². The zero-order valence-corrected chi connectivity index (χ0v) is 8.71. The van der Waals surface area contributed by atoms with Crippen molar-refractivity contribution in [1.29, 1.82) is 5.26 Å². The van der Waals surface area contributed by atoms with Crippen LogP contribution >= 0.6 is 0 Å². The van der Waals surface area contributed by atoms with Crippen LogP contribution in [0.4, 0.5) is 0 Å². The van der Waals surface area contributed by atoms with Gasteiger partial charge in [0.15, 0.2) is 0 Å². The number of aromatic nitrogens is 2. The largest absolute Gasteiger partial charge is 0.272 e. The van der Waals surface area contributed by atoms with Gasteiger partial charge in [-0.25, -0.2) is 4.98 Å². The van der Waals surface area contributed by atoms with E-state index in [9.17, 15) is 4.79 Å². The van der Waals surface area contributed by atoms with Gasteiger partial charge in [0, 0.05) is 18.0 Å². The number of benzene rings is 1. The van der Waals surface area contributed by atoms with Crippen molar-refractivity contribution in [2.24, 2.45) is 0 Å². The number of carbonyl (C=O) groups excluding carboxylic acids is 1. The van der Waals surface area contributed by atoms with Gasteiger partial charge in [0.05, 0.1) is 11.6 Å². The average molecular weight is 211 g/mol. The molecule has 0 saturated heterocycles. The Morgan fingerprint density at radius 2 is 2.25 bits per heavy atom. The second kappa shape index (κ2) is 3.99. The summed E-state index contributed by atoms with van der Waals surface area (Å²) < 4.78 is 1.38. The first kappa shape index (κ1) is 10.1. The van der Waals surface area contributed by atoms with Crippen LogP contribution in [0.2, 0.25) is 0 Å². The molecule has 0 bridgehead atoms. The summed E-state index contributed by atoms with van der Waals surface area (Å²) in [6.45, 7) is 1.85. The van der Waals surface area contributed by atoms with E-state index in [2.05, 4.69) is 4.98 Å². The van der Waals surface area contributed by atoms with Crippen LogP contribution in [0.3, 0.4) is 0 Å². The molecule has 0 atom stereocenters. The van der Waals surface area contributed by atoms with Crippen LogP contribution in [-0.4, -0.2) is 15.5 Å². The van der Waals surface area contributed by atoms with Gasteiger partial charge >= 0.3 is 0 Å². The first-order chi connectivity index (χ1) is 7.70. The number of hydrogen-bond acceptors (Lipinski definition) is 3. The minimum absolute atomic E-state index is 0.183. The molecule has 16 heavy (non-hydrogen) atoms. The van der Waals surface area contributed by atoms with E-state index in [1.807, 2.05) is 13.0 Å². The third kappa shape index (κ3) is 1.84. The third-order valence-electron chi connectivity index (χ3n) is 2.19. The molecule has 0 saturated carbocycles. The molecule has 0 aliphatic heterocycles. The predicted molar refractivity (Wildman–Crippen MR) is 57.8 cm³/mol. The summed E-state index contributed by atoms with van der Waals surface area (Å²) in [4.78, 5) is 15.8. The van der Waals surface area contributed by atoms with Gasteiger partial charge in [0.25, 0.3) is 5.91 Å². The summed E-state index contributed by atoms with van der Waals surface area (Å²) in [7, 11) is 0. The van der Waals surface area contributed by atoms with Gasteiger partial charge in [-0.15, -0.1) is 0 Å². The number of rotatable bonds is 1. The van der Waals surface area contributed by atoms with Crippen molar-refractivity contribution in [3.63, 3.8) is 0 Å². The molecule has 0 aliphatic carbocycles. The van der Waals surface area contributed by atoms with Crippen LogP contribution in [0.5, 0.6) is 0 Å². The zero-order valence-electron chi connectivity index (χ0n) is 8.71. The number of nitriles is 1. The molecule has 0 spiro atoms. The SMILES string of the molecule is Cc1cc(C#N)cc(C(=O)n2ccnc2)c1. The van der Waals surface area contributed by atoms with Gasteiger partial charge in [-0.3, -0.25) is 9.36 Å². The minimum Gasteiger partial charge on any atom is -0.272 e. The number of aryl methyl sites for hydroxylation is 1. The van der Waals surface area contributed by atoms with Gasteiger partial charge in [-0.1, -0.05) is 0 Å². The van der Waals surface area contributed by atoms with Gasteiger partial charge in [-0.2, -0.15) is 5.26 Å². The molecule has 1 aromatic heterocycles. The van der Waals surface area contributed by atoms with Crippen molar-refractivity contribution in [3.05, 3.63) is 53.6 Å². The normalized spacial score (nSPS) is 9.75. The van der Waals surface area contributed by atoms with Crippen molar-refractivity contribution in [3.8, 4) is 6.07 Å². The van der Waals surface area contributed by atoms with Crippen molar-refractivity contribution in [1.82, 2.24) is 9.55 Å². The molecular formula is C12H9N3O. The van der Waals surface area contributed by atoms with Crippen molar-refractivity contribution in [2.45, 2.75) is 6.92 Å². The number of imidazole rings is 1. The van der Waals surface area contributed by atoms with E-state index in [1.165, 1.54) is 10.9 Å². The molecule has 0 unspecified atom stereocenters. The van der Waals surface area contributed by atoms with Gasteiger partial charge in [0.1, 0.15) is 6.33 Å². The van der Waals surface area contributed by atoms with Crippen LogP contribution in [0, 0.1) is 18.3 Å². The Morgan fingerprint density at radius 1 is 1.44 bits per heavy atom. The Morgan fingerprint density at radius 3 is 2.88 bits per heavy atom. The monoisotopic (exact) mass is 211 g/mol. The molecule has 78 valence electrons. The standard InChI is InChI=1S/C12H9N3O/c1-9-4-10(7-13)6-11(5-9)12(16)15-3-2-14-8-15/h2-6,8H,1H3. The summed E-state index contributed by atoms with van der Waals surface area (Å²) in [6, 6.07) is 7.10. The van der Waals surface area contributed by atoms with E-state index >= 15 is 0 Å². The first-order valence-corrected chi connectivity index (χ1v) is 4.75. The Labute approximate surface area is 92.8 Å². The van der Waals surface area contributed by atoms with Crippen LogP contribution in [-0.2, 0) is 0 Å². The Balaban J connectivity index is 2.45. The summed E-state index contributed by atoms with van der Waals surface area (Å²) >= 11 is 0. The lowest BCUT2D eigenvalue weighted by Crippen LogP contribution is -2.10. The highest BCUT2D eigenvalue weighted by atomic mass is 16.2. The molecule has 0 radical (unpaired) electrons. The average Bonchev–Trinajstić information content (AvgIpc) is 2.80. The number of carbonyl (C=O) groups is 1. The maximum absolute atomic E-state index is 11.9. The Hall–Kier alpha value is -2.41. The highest BCUT2D eigenvalue weighted by Gasteiger charge is 2.09. The summed E-state index contributed by atoms with van der Waals surface area (Å²) in [5.74, 6) is -0.183. The number of nitrogens with zero attached hydrogens (tertiary/aromatic N) is 3. The van der Waals surface area contributed by atoms with Crippen molar-refractivity contribution in [2.75, 3.05) is 0 Å². The van der Waals surface area contributed by atoms with E-state index in [4.69, 9.17) is 5.26 Å². The molecule has 4 nitrogen and oxygen atoms in total. The van der Waals surface area contributed by atoms with E-state index in [0.29, 0.717) is 11.1 Å². The molecule has 2 rings (SSSR count). The molecule has 2 aromatic rings. The van der Waals surface area contributed by atoms with E-state index in [-0.39, 0.29) is 5.91 Å². The molecule has 0 amide bonds.